The molecule has 0 bridgehead atoms. The number of carbonyl (C=O) groups is 2. The summed E-state index contributed by atoms with van der Waals surface area (Å²) in [6.07, 6.45) is -0.282. The molecule has 4 heterocycles. The lowest BCUT2D eigenvalue weighted by Crippen LogP contribution is -2.43. The third-order valence-corrected chi connectivity index (χ3v) is 7.88. The van der Waals surface area contributed by atoms with Crippen molar-refractivity contribution in [3.8, 4) is 17.6 Å². The predicted molar refractivity (Wildman–Crippen MR) is 150 cm³/mol. The summed E-state index contributed by atoms with van der Waals surface area (Å²) in [6.45, 7) is 1.12. The predicted octanol–water partition coefficient (Wildman–Crippen LogP) is 1.61. The Morgan fingerprint density at radius 3 is 2.57 bits per heavy atom. The van der Waals surface area contributed by atoms with E-state index in [0.717, 1.165) is 25.7 Å². The molecular weight excluding hydrogens is 566 g/mol. The third kappa shape index (κ3) is 5.98. The number of piperidine rings is 1. The first-order valence-corrected chi connectivity index (χ1v) is 14.2. The summed E-state index contributed by atoms with van der Waals surface area (Å²) in [4.78, 5) is 39.6. The third-order valence-electron chi connectivity index (χ3n) is 7.63. The highest BCUT2D eigenvalue weighted by atomic mass is 35.5. The summed E-state index contributed by atoms with van der Waals surface area (Å²) in [5.41, 5.74) is 6.67. The van der Waals surface area contributed by atoms with Crippen molar-refractivity contribution in [3.63, 3.8) is 0 Å². The van der Waals surface area contributed by atoms with Crippen LogP contribution >= 0.6 is 11.6 Å². The second kappa shape index (κ2) is 11.7. The van der Waals surface area contributed by atoms with Crippen molar-refractivity contribution >= 4 is 40.6 Å². The molecule has 0 radical (unpaired) electrons. The summed E-state index contributed by atoms with van der Waals surface area (Å²) < 4.78 is 12.6. The Hall–Kier alpha value is -3.96. The van der Waals surface area contributed by atoms with Gasteiger partial charge in [-0.15, -0.1) is 0 Å². The van der Waals surface area contributed by atoms with Gasteiger partial charge in [0.1, 0.15) is 23.5 Å². The first-order valence-electron chi connectivity index (χ1n) is 13.8. The quantitative estimate of drug-likeness (QED) is 0.317. The molecule has 4 atom stereocenters. The summed E-state index contributed by atoms with van der Waals surface area (Å²) >= 11 is 5.88. The fourth-order valence-electron chi connectivity index (χ4n) is 5.06. The summed E-state index contributed by atoms with van der Waals surface area (Å²) in [7, 11) is 0. The van der Waals surface area contributed by atoms with Gasteiger partial charge in [-0.05, 0) is 61.8 Å². The highest BCUT2D eigenvalue weighted by Crippen LogP contribution is 2.33. The summed E-state index contributed by atoms with van der Waals surface area (Å²) in [5.74, 6) is 6.59. The Balaban J connectivity index is 1.08. The number of nitrogens with zero attached hydrogens (tertiary/aromatic N) is 5. The zero-order valence-electron chi connectivity index (χ0n) is 22.5. The molecule has 3 aromatic rings. The van der Waals surface area contributed by atoms with E-state index in [1.54, 1.807) is 29.2 Å². The molecule has 42 heavy (non-hydrogen) atoms. The highest BCUT2D eigenvalue weighted by Gasteiger charge is 2.48. The summed E-state index contributed by atoms with van der Waals surface area (Å²) in [5, 5.41) is 24.5. The molecule has 1 saturated carbocycles. The van der Waals surface area contributed by atoms with Crippen molar-refractivity contribution in [2.75, 3.05) is 18.8 Å². The van der Waals surface area contributed by atoms with Crippen molar-refractivity contribution in [3.05, 3.63) is 41.4 Å². The second-order valence-electron chi connectivity index (χ2n) is 10.7. The van der Waals surface area contributed by atoms with Gasteiger partial charge in [0.05, 0.1) is 6.33 Å². The number of ether oxygens (including phenoxy) is 2. The average Bonchev–Trinajstić information content (AvgIpc) is 3.61. The molecule has 5 N–H and O–H groups in total. The zero-order valence-corrected chi connectivity index (χ0v) is 23.3. The van der Waals surface area contributed by atoms with Crippen LogP contribution < -0.4 is 15.8 Å². The molecule has 1 unspecified atom stereocenters. The molecule has 6 rings (SSSR count). The normalized spacial score (nSPS) is 24.3. The van der Waals surface area contributed by atoms with Crippen LogP contribution in [0.5, 0.6) is 5.75 Å². The van der Waals surface area contributed by atoms with Crippen molar-refractivity contribution in [1.29, 1.82) is 0 Å². The maximum atomic E-state index is 12.5. The minimum Gasteiger partial charge on any atom is -0.410 e. The molecule has 3 aliphatic rings. The van der Waals surface area contributed by atoms with E-state index < -0.39 is 36.5 Å². The van der Waals surface area contributed by atoms with E-state index in [-0.39, 0.29) is 34.8 Å². The number of rotatable bonds is 5. The number of nitrogens with two attached hydrogens (primary N) is 1. The highest BCUT2D eigenvalue weighted by molar-refractivity contribution is 6.30. The number of nitrogens with one attached hydrogen (secondary N) is 1. The number of anilines is 1. The summed E-state index contributed by atoms with van der Waals surface area (Å²) in [6, 6.07) is 6.72. The number of hydrogen-bond donors (Lipinski definition) is 4. The van der Waals surface area contributed by atoms with Gasteiger partial charge in [0.2, 0.25) is 5.82 Å². The van der Waals surface area contributed by atoms with Crippen LogP contribution in [0.1, 0.15) is 44.2 Å². The maximum Gasteiger partial charge on any atom is 0.415 e. The Morgan fingerprint density at radius 2 is 1.86 bits per heavy atom. The SMILES string of the molecule is Nc1nc(C#CCC2CCN(C(=O)Oc3ccc(Cl)cc3)CC2)nc2c1ncn2[C@@H]1O[C@H](C(=O)NC2CC2)[C@H](O)C1O. The Kier molecular flexibility index (Phi) is 7.87. The molecule has 14 heteroatoms. The van der Waals surface area contributed by atoms with Crippen molar-refractivity contribution in [2.24, 2.45) is 5.92 Å². The van der Waals surface area contributed by atoms with Gasteiger partial charge in [-0.1, -0.05) is 17.5 Å². The lowest BCUT2D eigenvalue weighted by Gasteiger charge is -2.30. The van der Waals surface area contributed by atoms with Gasteiger partial charge in [0.15, 0.2) is 23.8 Å². The van der Waals surface area contributed by atoms with Gasteiger partial charge in [-0.2, -0.15) is 0 Å². The number of aliphatic hydroxyl groups is 2. The number of nitrogen functional groups attached to an aromatic ring is 1. The Bertz CT molecular complexity index is 1540. The average molecular weight is 596 g/mol. The van der Waals surface area contributed by atoms with Crippen LogP contribution in [0.3, 0.4) is 0 Å². The largest absolute Gasteiger partial charge is 0.415 e. The van der Waals surface area contributed by atoms with Crippen molar-refractivity contribution in [1.82, 2.24) is 29.7 Å². The minimum absolute atomic E-state index is 0.0800. The topological polar surface area (TPSA) is 178 Å². The fourth-order valence-corrected chi connectivity index (χ4v) is 5.19. The van der Waals surface area contributed by atoms with Gasteiger partial charge in [-0.25, -0.2) is 19.7 Å². The smallest absolute Gasteiger partial charge is 0.410 e. The lowest BCUT2D eigenvalue weighted by atomic mass is 9.94. The van der Waals surface area contributed by atoms with E-state index in [2.05, 4.69) is 32.1 Å². The van der Waals surface area contributed by atoms with E-state index >= 15 is 0 Å². The number of likely N-dealkylation sites (tertiary alicyclic amines) is 1. The standard InChI is InChI=1S/C28H30ClN7O6/c29-16-4-8-18(9-5-16)41-28(40)35-12-10-15(11-13-35)2-1-3-19-33-24(30)20-25(34-19)36(14-31-20)27-22(38)21(37)23(42-27)26(39)32-17-6-7-17/h4-5,8-9,14-15,17,21-23,27,37-38H,2,6-7,10-13H2,(H,32,39)(H2,30,33,34)/t21-,22?,23+,27-/m1/s1. The molecule has 13 nitrogen and oxygen atoms in total. The number of imidazole rings is 1. The molecule has 2 aliphatic heterocycles. The molecular formula is C28H30ClN7O6. The van der Waals surface area contributed by atoms with Crippen LogP contribution in [0, 0.1) is 17.8 Å². The van der Waals surface area contributed by atoms with Crippen LogP contribution in [0.4, 0.5) is 10.6 Å². The molecule has 1 aromatic carbocycles. The van der Waals surface area contributed by atoms with Crippen LogP contribution in [0.25, 0.3) is 11.2 Å². The number of benzene rings is 1. The van der Waals surface area contributed by atoms with Crippen LogP contribution in [-0.2, 0) is 9.53 Å². The van der Waals surface area contributed by atoms with E-state index in [1.165, 1.54) is 10.9 Å². The molecule has 2 saturated heterocycles. The minimum atomic E-state index is -1.42. The maximum absolute atomic E-state index is 12.5. The van der Waals surface area contributed by atoms with Gasteiger partial charge >= 0.3 is 6.09 Å². The molecule has 3 fully saturated rings. The van der Waals surface area contributed by atoms with Crippen LogP contribution in [0.15, 0.2) is 30.6 Å². The Morgan fingerprint density at radius 1 is 1.12 bits per heavy atom. The second-order valence-corrected chi connectivity index (χ2v) is 11.2. The lowest BCUT2D eigenvalue weighted by molar-refractivity contribution is -0.137. The number of amides is 2. The number of hydrogen-bond acceptors (Lipinski definition) is 10. The molecule has 2 aromatic heterocycles. The number of aromatic nitrogens is 4. The number of carbonyl (C=O) groups excluding carboxylic acids is 2. The van der Waals surface area contributed by atoms with Gasteiger partial charge < -0.3 is 35.6 Å². The van der Waals surface area contributed by atoms with Gasteiger partial charge in [-0.3, -0.25) is 9.36 Å². The van der Waals surface area contributed by atoms with Crippen molar-refractivity contribution in [2.45, 2.75) is 62.7 Å². The Labute approximate surface area is 246 Å². The van der Waals surface area contributed by atoms with E-state index in [1.807, 2.05) is 0 Å². The van der Waals surface area contributed by atoms with Crippen LogP contribution in [0.2, 0.25) is 5.02 Å². The molecule has 0 spiro atoms. The fraction of sp³-hybridized carbons (Fsp3) is 0.464. The van der Waals surface area contributed by atoms with Crippen molar-refractivity contribution < 1.29 is 29.3 Å². The van der Waals surface area contributed by atoms with Gasteiger partial charge in [0.25, 0.3) is 5.91 Å². The van der Waals surface area contributed by atoms with Crippen LogP contribution in [-0.4, -0.2) is 84.1 Å². The number of fused-ring (bicyclic) bond motifs is 1. The van der Waals surface area contributed by atoms with Gasteiger partial charge in [0, 0.05) is 30.6 Å². The number of halogens is 1. The first-order chi connectivity index (χ1) is 20.3. The monoisotopic (exact) mass is 595 g/mol. The van der Waals surface area contributed by atoms with E-state index in [0.29, 0.717) is 30.3 Å². The molecule has 1 aliphatic carbocycles. The molecule has 2 amide bonds. The molecule has 220 valence electrons. The van der Waals surface area contributed by atoms with E-state index in [4.69, 9.17) is 26.8 Å². The number of aliphatic hydroxyl groups excluding tert-OH is 2. The first kappa shape index (κ1) is 28.2. The zero-order chi connectivity index (χ0) is 29.4. The van der Waals surface area contributed by atoms with E-state index in [9.17, 15) is 19.8 Å².